The monoisotopic (exact) mass is 378 g/mol. The molecule has 0 spiro atoms. The van der Waals surface area contributed by atoms with Crippen molar-refractivity contribution < 1.29 is 24.5 Å². The van der Waals surface area contributed by atoms with Crippen molar-refractivity contribution in [2.24, 2.45) is 0 Å². The Hall–Kier alpha value is -2.23. The van der Waals surface area contributed by atoms with Crippen LogP contribution in [0.25, 0.3) is 0 Å². The lowest BCUT2D eigenvalue weighted by Gasteiger charge is -2.36. The Morgan fingerprint density at radius 1 is 1.19 bits per heavy atom. The number of nitrogens with one attached hydrogen (secondary N) is 1. The lowest BCUT2D eigenvalue weighted by Crippen LogP contribution is -2.50. The van der Waals surface area contributed by atoms with Gasteiger partial charge in [-0.15, -0.1) is 0 Å². The van der Waals surface area contributed by atoms with Crippen LogP contribution in [0.1, 0.15) is 13.3 Å². The molecular formula is C18H26N4O5. The van der Waals surface area contributed by atoms with E-state index in [9.17, 15) is 19.8 Å². The SMILES string of the molecule is CC(=O)NCC1OC(CC(=O)N2CCN(c3ccccn3)CC2)C(O)C1O. The Morgan fingerprint density at radius 3 is 2.52 bits per heavy atom. The van der Waals surface area contributed by atoms with Gasteiger partial charge in [-0.05, 0) is 12.1 Å². The summed E-state index contributed by atoms with van der Waals surface area (Å²) < 4.78 is 5.61. The highest BCUT2D eigenvalue weighted by molar-refractivity contribution is 5.77. The Kier molecular flexibility index (Phi) is 6.25. The van der Waals surface area contributed by atoms with Gasteiger partial charge in [0, 0.05) is 45.8 Å². The molecule has 2 aliphatic heterocycles. The molecule has 0 aromatic carbocycles. The second kappa shape index (κ2) is 8.64. The van der Waals surface area contributed by atoms with Gasteiger partial charge >= 0.3 is 0 Å². The number of hydrogen-bond acceptors (Lipinski definition) is 7. The van der Waals surface area contributed by atoms with Crippen LogP contribution in [-0.4, -0.2) is 89.1 Å². The first kappa shape index (κ1) is 19.5. The van der Waals surface area contributed by atoms with Crippen molar-refractivity contribution in [3.63, 3.8) is 0 Å². The number of ether oxygens (including phenoxy) is 1. The minimum atomic E-state index is -1.15. The molecule has 1 aromatic heterocycles. The first-order chi connectivity index (χ1) is 13.0. The van der Waals surface area contributed by atoms with E-state index in [2.05, 4.69) is 15.2 Å². The number of hydrogen-bond donors (Lipinski definition) is 3. The Balaban J connectivity index is 1.48. The molecule has 2 amide bonds. The number of amides is 2. The molecule has 2 fully saturated rings. The molecule has 0 bridgehead atoms. The summed E-state index contributed by atoms with van der Waals surface area (Å²) in [5.74, 6) is 0.528. The topological polar surface area (TPSA) is 115 Å². The van der Waals surface area contributed by atoms with E-state index in [4.69, 9.17) is 4.74 Å². The first-order valence-corrected chi connectivity index (χ1v) is 9.15. The number of aromatic nitrogens is 1. The summed E-state index contributed by atoms with van der Waals surface area (Å²) >= 11 is 0. The summed E-state index contributed by atoms with van der Waals surface area (Å²) in [6.45, 7) is 3.96. The Morgan fingerprint density at radius 2 is 1.89 bits per heavy atom. The van der Waals surface area contributed by atoms with Gasteiger partial charge in [0.1, 0.15) is 24.1 Å². The van der Waals surface area contributed by atoms with Crippen molar-refractivity contribution in [3.8, 4) is 0 Å². The van der Waals surface area contributed by atoms with Crippen molar-refractivity contribution in [3.05, 3.63) is 24.4 Å². The maximum atomic E-state index is 12.6. The highest BCUT2D eigenvalue weighted by atomic mass is 16.5. The molecule has 4 unspecified atom stereocenters. The van der Waals surface area contributed by atoms with Crippen LogP contribution in [0.3, 0.4) is 0 Å². The first-order valence-electron chi connectivity index (χ1n) is 9.15. The normalized spacial score (nSPS) is 28.3. The zero-order chi connectivity index (χ0) is 19.4. The van der Waals surface area contributed by atoms with E-state index in [0.717, 1.165) is 5.82 Å². The molecule has 4 atom stereocenters. The third kappa shape index (κ3) is 4.74. The van der Waals surface area contributed by atoms with E-state index in [1.165, 1.54) is 6.92 Å². The van der Waals surface area contributed by atoms with Crippen molar-refractivity contribution in [2.75, 3.05) is 37.6 Å². The number of anilines is 1. The summed E-state index contributed by atoms with van der Waals surface area (Å²) in [6.07, 6.45) is -2.03. The van der Waals surface area contributed by atoms with Gasteiger partial charge in [-0.25, -0.2) is 4.98 Å². The fourth-order valence-corrected chi connectivity index (χ4v) is 3.43. The average Bonchev–Trinajstić information content (AvgIpc) is 2.95. The molecule has 2 saturated heterocycles. The fourth-order valence-electron chi connectivity index (χ4n) is 3.43. The molecule has 3 N–H and O–H groups in total. The summed E-state index contributed by atoms with van der Waals surface area (Å²) in [5.41, 5.74) is 0. The Bertz CT molecular complexity index is 650. The van der Waals surface area contributed by atoms with Gasteiger partial charge in [-0.1, -0.05) is 6.07 Å². The predicted molar refractivity (Wildman–Crippen MR) is 97.0 cm³/mol. The molecule has 9 heteroatoms. The van der Waals surface area contributed by atoms with Crippen molar-refractivity contribution >= 4 is 17.6 Å². The number of pyridine rings is 1. The van der Waals surface area contributed by atoms with Crippen LogP contribution in [-0.2, 0) is 14.3 Å². The zero-order valence-electron chi connectivity index (χ0n) is 15.3. The molecule has 1 aromatic rings. The van der Waals surface area contributed by atoms with Crippen LogP contribution in [0, 0.1) is 0 Å². The van der Waals surface area contributed by atoms with Crippen molar-refractivity contribution in [1.82, 2.24) is 15.2 Å². The molecule has 0 aliphatic carbocycles. The van der Waals surface area contributed by atoms with Crippen LogP contribution >= 0.6 is 0 Å². The van der Waals surface area contributed by atoms with Gasteiger partial charge in [0.05, 0.1) is 12.5 Å². The van der Waals surface area contributed by atoms with E-state index in [1.54, 1.807) is 11.1 Å². The largest absolute Gasteiger partial charge is 0.388 e. The third-order valence-corrected chi connectivity index (χ3v) is 4.99. The summed E-state index contributed by atoms with van der Waals surface area (Å²) in [6, 6.07) is 5.74. The Labute approximate surface area is 157 Å². The van der Waals surface area contributed by atoms with Crippen LogP contribution in [0.4, 0.5) is 5.82 Å². The molecule has 0 saturated carbocycles. The van der Waals surface area contributed by atoms with Crippen LogP contribution < -0.4 is 10.2 Å². The van der Waals surface area contributed by atoms with E-state index in [1.807, 2.05) is 18.2 Å². The smallest absolute Gasteiger partial charge is 0.225 e. The van der Waals surface area contributed by atoms with Crippen LogP contribution in [0.15, 0.2) is 24.4 Å². The minimum Gasteiger partial charge on any atom is -0.388 e. The number of piperazine rings is 1. The fraction of sp³-hybridized carbons (Fsp3) is 0.611. The van der Waals surface area contributed by atoms with Gasteiger partial charge in [-0.3, -0.25) is 9.59 Å². The van der Waals surface area contributed by atoms with Gasteiger partial charge in [0.25, 0.3) is 0 Å². The molecule has 2 aliphatic rings. The van der Waals surface area contributed by atoms with Gasteiger partial charge < -0.3 is 30.1 Å². The number of carbonyl (C=O) groups excluding carboxylic acids is 2. The number of rotatable bonds is 5. The highest BCUT2D eigenvalue weighted by Gasteiger charge is 2.43. The molecule has 3 heterocycles. The van der Waals surface area contributed by atoms with Crippen molar-refractivity contribution in [1.29, 1.82) is 0 Å². The number of aliphatic hydroxyl groups is 2. The zero-order valence-corrected chi connectivity index (χ0v) is 15.3. The van der Waals surface area contributed by atoms with E-state index in [0.29, 0.717) is 26.2 Å². The number of aliphatic hydroxyl groups excluding tert-OH is 2. The maximum absolute atomic E-state index is 12.6. The number of carbonyl (C=O) groups is 2. The summed E-state index contributed by atoms with van der Waals surface area (Å²) in [5, 5.41) is 22.8. The van der Waals surface area contributed by atoms with E-state index < -0.39 is 24.4 Å². The van der Waals surface area contributed by atoms with Gasteiger partial charge in [0.15, 0.2) is 0 Å². The summed E-state index contributed by atoms with van der Waals surface area (Å²) in [4.78, 5) is 31.8. The lowest BCUT2D eigenvalue weighted by molar-refractivity contribution is -0.135. The average molecular weight is 378 g/mol. The van der Waals surface area contributed by atoms with Gasteiger partial charge in [0.2, 0.25) is 11.8 Å². The maximum Gasteiger partial charge on any atom is 0.225 e. The van der Waals surface area contributed by atoms with E-state index >= 15 is 0 Å². The molecular weight excluding hydrogens is 352 g/mol. The van der Waals surface area contributed by atoms with Gasteiger partial charge in [-0.2, -0.15) is 0 Å². The second-order valence-corrected chi connectivity index (χ2v) is 6.89. The number of nitrogens with zero attached hydrogens (tertiary/aromatic N) is 3. The predicted octanol–water partition coefficient (Wildman–Crippen LogP) is -1.25. The molecule has 27 heavy (non-hydrogen) atoms. The standard InChI is InChI=1S/C18H26N4O5/c1-12(23)20-11-14-18(26)17(25)13(27-14)10-16(24)22-8-6-21(7-9-22)15-4-2-3-5-19-15/h2-5,13-14,17-18,25-26H,6-11H2,1H3,(H,20,23). The molecule has 0 radical (unpaired) electrons. The molecule has 3 rings (SSSR count). The highest BCUT2D eigenvalue weighted by Crippen LogP contribution is 2.24. The molecule has 9 nitrogen and oxygen atoms in total. The van der Waals surface area contributed by atoms with Crippen LogP contribution in [0.5, 0.6) is 0 Å². The lowest BCUT2D eigenvalue weighted by atomic mass is 10.0. The summed E-state index contributed by atoms with van der Waals surface area (Å²) in [7, 11) is 0. The van der Waals surface area contributed by atoms with Crippen molar-refractivity contribution in [2.45, 2.75) is 37.8 Å². The quantitative estimate of drug-likeness (QED) is 0.586. The molecule has 148 valence electrons. The third-order valence-electron chi connectivity index (χ3n) is 4.99. The van der Waals surface area contributed by atoms with Crippen LogP contribution in [0.2, 0.25) is 0 Å². The van der Waals surface area contributed by atoms with E-state index in [-0.39, 0.29) is 24.8 Å². The minimum absolute atomic E-state index is 0.00160. The second-order valence-electron chi connectivity index (χ2n) is 6.89.